The lowest BCUT2D eigenvalue weighted by Crippen LogP contribution is -2.37. The molecule has 2 aromatic carbocycles. The molecule has 3 heterocycles. The number of aromatic nitrogens is 3. The first-order valence-electron chi connectivity index (χ1n) is 12.2. The van der Waals surface area contributed by atoms with Crippen molar-refractivity contribution in [3.8, 4) is 17.1 Å². The molecular formula is C27H31N7O3. The van der Waals surface area contributed by atoms with E-state index >= 15 is 0 Å². The number of anilines is 3. The van der Waals surface area contributed by atoms with Crippen LogP contribution in [0.5, 0.6) is 5.75 Å². The van der Waals surface area contributed by atoms with Crippen LogP contribution in [0.3, 0.4) is 0 Å². The fourth-order valence-electron chi connectivity index (χ4n) is 4.29. The molecule has 1 aliphatic heterocycles. The number of hydrogen-bond acceptors (Lipinski definition) is 7. The Morgan fingerprint density at radius 2 is 1.68 bits per heavy atom. The number of nitrogens with zero attached hydrogens (tertiary/aromatic N) is 5. The summed E-state index contributed by atoms with van der Waals surface area (Å²) in [7, 11) is 5.71. The third kappa shape index (κ3) is 5.82. The van der Waals surface area contributed by atoms with Gasteiger partial charge in [0, 0.05) is 42.8 Å². The molecular weight excluding hydrogens is 470 g/mol. The van der Waals surface area contributed by atoms with Crippen molar-refractivity contribution < 1.29 is 14.3 Å². The van der Waals surface area contributed by atoms with E-state index in [1.807, 2.05) is 28.8 Å². The Morgan fingerprint density at radius 1 is 1.03 bits per heavy atom. The molecule has 0 unspecified atom stereocenters. The summed E-state index contributed by atoms with van der Waals surface area (Å²) in [6.45, 7) is 3.74. The SMILES string of the molecule is COc1ccc(NC(=O)Nc2ccc(-c3nc(N4CCOCC4)c4cc(CN(C)C)cn4n3)cc2)cc1. The van der Waals surface area contributed by atoms with Gasteiger partial charge >= 0.3 is 6.03 Å². The van der Waals surface area contributed by atoms with Crippen LogP contribution < -0.4 is 20.3 Å². The summed E-state index contributed by atoms with van der Waals surface area (Å²) < 4.78 is 12.6. The lowest BCUT2D eigenvalue weighted by Gasteiger charge is -2.28. The molecule has 1 fully saturated rings. The number of amides is 2. The van der Waals surface area contributed by atoms with Crippen molar-refractivity contribution in [2.24, 2.45) is 0 Å². The zero-order chi connectivity index (χ0) is 25.8. The van der Waals surface area contributed by atoms with Gasteiger partial charge in [0.2, 0.25) is 0 Å². The normalized spacial score (nSPS) is 13.7. The molecule has 2 aromatic heterocycles. The number of methoxy groups -OCH3 is 1. The molecule has 0 spiro atoms. The van der Waals surface area contributed by atoms with Gasteiger partial charge in [-0.15, -0.1) is 5.10 Å². The van der Waals surface area contributed by atoms with Crippen molar-refractivity contribution in [2.75, 3.05) is 63.0 Å². The Bertz CT molecular complexity index is 1360. The van der Waals surface area contributed by atoms with Crippen LogP contribution in [0.25, 0.3) is 16.9 Å². The highest BCUT2D eigenvalue weighted by Gasteiger charge is 2.19. The third-order valence-electron chi connectivity index (χ3n) is 6.06. The number of carbonyl (C=O) groups excluding carboxylic acids is 1. The summed E-state index contributed by atoms with van der Waals surface area (Å²) in [6, 6.07) is 16.5. The van der Waals surface area contributed by atoms with E-state index in [1.165, 1.54) is 5.56 Å². The van der Waals surface area contributed by atoms with Crippen LogP contribution in [0.15, 0.2) is 60.8 Å². The van der Waals surface area contributed by atoms with Crippen molar-refractivity contribution in [2.45, 2.75) is 6.54 Å². The molecule has 37 heavy (non-hydrogen) atoms. The van der Waals surface area contributed by atoms with Crippen LogP contribution in [0.1, 0.15) is 5.56 Å². The van der Waals surface area contributed by atoms with E-state index in [-0.39, 0.29) is 6.03 Å². The minimum atomic E-state index is -0.328. The fourth-order valence-corrected chi connectivity index (χ4v) is 4.29. The molecule has 0 atom stereocenters. The van der Waals surface area contributed by atoms with Gasteiger partial charge in [-0.05, 0) is 74.3 Å². The largest absolute Gasteiger partial charge is 0.497 e. The maximum Gasteiger partial charge on any atom is 0.323 e. The Morgan fingerprint density at radius 3 is 2.30 bits per heavy atom. The quantitative estimate of drug-likeness (QED) is 0.396. The van der Waals surface area contributed by atoms with E-state index in [4.69, 9.17) is 19.6 Å². The average molecular weight is 502 g/mol. The number of rotatable bonds is 7. The lowest BCUT2D eigenvalue weighted by molar-refractivity contribution is 0.122. The van der Waals surface area contributed by atoms with Gasteiger partial charge in [-0.3, -0.25) is 0 Å². The number of carbonyl (C=O) groups is 1. The van der Waals surface area contributed by atoms with E-state index in [9.17, 15) is 4.79 Å². The lowest BCUT2D eigenvalue weighted by atomic mass is 10.2. The Hall–Kier alpha value is -4.15. The molecule has 5 rings (SSSR count). The van der Waals surface area contributed by atoms with Gasteiger partial charge in [-0.25, -0.2) is 14.3 Å². The molecule has 0 aliphatic carbocycles. The second-order valence-corrected chi connectivity index (χ2v) is 9.16. The fraction of sp³-hybridized carbons (Fsp3) is 0.296. The molecule has 0 radical (unpaired) electrons. The van der Waals surface area contributed by atoms with Gasteiger partial charge in [0.15, 0.2) is 11.6 Å². The second kappa shape index (κ2) is 10.9. The van der Waals surface area contributed by atoms with Crippen molar-refractivity contribution in [1.29, 1.82) is 0 Å². The zero-order valence-electron chi connectivity index (χ0n) is 21.3. The first kappa shape index (κ1) is 24.5. The van der Waals surface area contributed by atoms with Gasteiger partial charge in [0.1, 0.15) is 11.3 Å². The highest BCUT2D eigenvalue weighted by molar-refractivity contribution is 5.99. The summed E-state index contributed by atoms with van der Waals surface area (Å²) in [5, 5.41) is 10.5. The van der Waals surface area contributed by atoms with Crippen molar-refractivity contribution in [3.63, 3.8) is 0 Å². The van der Waals surface area contributed by atoms with E-state index in [1.54, 1.807) is 31.4 Å². The first-order chi connectivity index (χ1) is 18.0. The summed E-state index contributed by atoms with van der Waals surface area (Å²) >= 11 is 0. The number of urea groups is 1. The van der Waals surface area contributed by atoms with Crippen LogP contribution in [-0.4, -0.2) is 73.0 Å². The second-order valence-electron chi connectivity index (χ2n) is 9.16. The summed E-state index contributed by atoms with van der Waals surface area (Å²) in [6.07, 6.45) is 2.06. The predicted octanol–water partition coefficient (Wildman–Crippen LogP) is 3.95. The molecule has 2 amide bonds. The molecule has 10 heteroatoms. The topological polar surface area (TPSA) is 96.3 Å². The van der Waals surface area contributed by atoms with Gasteiger partial charge in [-0.1, -0.05) is 0 Å². The number of ether oxygens (including phenoxy) is 2. The number of morpholine rings is 1. The molecule has 4 aromatic rings. The van der Waals surface area contributed by atoms with E-state index in [0.717, 1.165) is 42.3 Å². The summed E-state index contributed by atoms with van der Waals surface area (Å²) in [5.74, 6) is 2.25. The van der Waals surface area contributed by atoms with E-state index in [2.05, 4.69) is 46.8 Å². The Labute approximate surface area is 215 Å². The summed E-state index contributed by atoms with van der Waals surface area (Å²) in [5.41, 5.74) is 4.36. The maximum absolute atomic E-state index is 12.4. The minimum Gasteiger partial charge on any atom is -0.497 e. The predicted molar refractivity (Wildman–Crippen MR) is 144 cm³/mol. The van der Waals surface area contributed by atoms with Gasteiger partial charge in [0.25, 0.3) is 0 Å². The number of nitrogens with one attached hydrogen (secondary N) is 2. The van der Waals surface area contributed by atoms with Gasteiger partial charge in [-0.2, -0.15) is 0 Å². The van der Waals surface area contributed by atoms with Crippen LogP contribution in [0.4, 0.5) is 22.0 Å². The molecule has 192 valence electrons. The zero-order valence-corrected chi connectivity index (χ0v) is 21.3. The minimum absolute atomic E-state index is 0.328. The van der Waals surface area contributed by atoms with Crippen molar-refractivity contribution in [3.05, 3.63) is 66.4 Å². The highest BCUT2D eigenvalue weighted by Crippen LogP contribution is 2.27. The molecule has 10 nitrogen and oxygen atoms in total. The van der Waals surface area contributed by atoms with Crippen molar-refractivity contribution >= 4 is 28.7 Å². The Balaban J connectivity index is 1.36. The van der Waals surface area contributed by atoms with E-state index in [0.29, 0.717) is 30.4 Å². The average Bonchev–Trinajstić information content (AvgIpc) is 3.31. The van der Waals surface area contributed by atoms with Crippen LogP contribution >= 0.6 is 0 Å². The highest BCUT2D eigenvalue weighted by atomic mass is 16.5. The standard InChI is InChI=1S/C27H31N7O3/c1-32(2)17-19-16-24-26(33-12-14-37-15-13-33)30-25(31-34(24)18-19)20-4-6-21(7-5-20)28-27(35)29-22-8-10-23(36-3)11-9-22/h4-11,16,18H,12-15,17H2,1-3H3,(H2,28,29,35). The number of fused-ring (bicyclic) bond motifs is 1. The molecule has 1 aliphatic rings. The molecule has 1 saturated heterocycles. The molecule has 0 saturated carbocycles. The first-order valence-corrected chi connectivity index (χ1v) is 12.2. The molecule has 0 bridgehead atoms. The number of hydrogen-bond donors (Lipinski definition) is 2. The maximum atomic E-state index is 12.4. The molecule has 2 N–H and O–H groups in total. The Kier molecular flexibility index (Phi) is 7.20. The monoisotopic (exact) mass is 501 g/mol. The van der Waals surface area contributed by atoms with Crippen molar-refractivity contribution in [1.82, 2.24) is 19.5 Å². The van der Waals surface area contributed by atoms with Gasteiger partial charge < -0.3 is 29.9 Å². The van der Waals surface area contributed by atoms with Gasteiger partial charge in [0.05, 0.1) is 20.3 Å². The number of benzene rings is 2. The smallest absolute Gasteiger partial charge is 0.323 e. The van der Waals surface area contributed by atoms with Crippen LogP contribution in [0.2, 0.25) is 0 Å². The van der Waals surface area contributed by atoms with Crippen LogP contribution in [0, 0.1) is 0 Å². The van der Waals surface area contributed by atoms with E-state index < -0.39 is 0 Å². The third-order valence-corrected chi connectivity index (χ3v) is 6.06. The summed E-state index contributed by atoms with van der Waals surface area (Å²) in [4.78, 5) is 21.8. The van der Waals surface area contributed by atoms with Crippen LogP contribution in [-0.2, 0) is 11.3 Å².